The van der Waals surface area contributed by atoms with Gasteiger partial charge in [0.25, 0.3) is 0 Å². The summed E-state index contributed by atoms with van der Waals surface area (Å²) < 4.78 is 2.06. The summed E-state index contributed by atoms with van der Waals surface area (Å²) in [6.45, 7) is 5.19. The number of aromatic nitrogens is 2. The van der Waals surface area contributed by atoms with Gasteiger partial charge in [-0.3, -0.25) is 0 Å². The van der Waals surface area contributed by atoms with Gasteiger partial charge in [0.15, 0.2) is 0 Å². The molecule has 2 aromatic heterocycles. The number of hydrogen-bond acceptors (Lipinski definition) is 3. The van der Waals surface area contributed by atoms with Crippen molar-refractivity contribution in [3.05, 3.63) is 40.6 Å². The van der Waals surface area contributed by atoms with Crippen molar-refractivity contribution >= 4 is 11.3 Å². The summed E-state index contributed by atoms with van der Waals surface area (Å²) in [5.41, 5.74) is 1.23. The maximum Gasteiger partial charge on any atom is 0.112 e. The lowest BCUT2D eigenvalue weighted by molar-refractivity contribution is 0.399. The van der Waals surface area contributed by atoms with E-state index in [1.807, 2.05) is 18.6 Å². The van der Waals surface area contributed by atoms with Crippen LogP contribution in [-0.4, -0.2) is 9.55 Å². The van der Waals surface area contributed by atoms with Crippen LogP contribution in [0.25, 0.3) is 0 Å². The maximum absolute atomic E-state index is 4.36. The van der Waals surface area contributed by atoms with Crippen molar-refractivity contribution in [3.8, 4) is 0 Å². The van der Waals surface area contributed by atoms with Crippen LogP contribution in [-0.2, 0) is 19.1 Å². The number of nitrogens with zero attached hydrogens (tertiary/aromatic N) is 2. The Morgan fingerprint density at radius 1 is 1.50 bits per heavy atom. The van der Waals surface area contributed by atoms with Gasteiger partial charge in [0, 0.05) is 37.6 Å². The molecule has 0 saturated carbocycles. The smallest absolute Gasteiger partial charge is 0.112 e. The number of nitrogens with one attached hydrogen (secondary N) is 1. The first-order valence-corrected chi connectivity index (χ1v) is 6.22. The highest BCUT2D eigenvalue weighted by atomic mass is 32.1. The Labute approximate surface area is 100 Å². The zero-order valence-electron chi connectivity index (χ0n) is 9.90. The third-order valence-corrected chi connectivity index (χ3v) is 3.69. The van der Waals surface area contributed by atoms with Crippen molar-refractivity contribution in [2.75, 3.05) is 0 Å². The monoisotopic (exact) mass is 235 g/mol. The van der Waals surface area contributed by atoms with Crippen molar-refractivity contribution < 1.29 is 0 Å². The number of hydrogen-bond donors (Lipinski definition) is 1. The predicted molar refractivity (Wildman–Crippen MR) is 67.4 cm³/mol. The zero-order valence-corrected chi connectivity index (χ0v) is 10.7. The lowest BCUT2D eigenvalue weighted by Gasteiger charge is -2.23. The largest absolute Gasteiger partial charge is 0.357 e. The minimum absolute atomic E-state index is 0.0655. The van der Waals surface area contributed by atoms with Crippen LogP contribution in [0.2, 0.25) is 0 Å². The Bertz CT molecular complexity index is 443. The van der Waals surface area contributed by atoms with Crippen molar-refractivity contribution in [3.63, 3.8) is 0 Å². The van der Waals surface area contributed by atoms with E-state index >= 15 is 0 Å². The standard InChI is InChI=1S/C12H17N3S/c1-12(2,11-13-5-7-16-11)14-8-10-4-6-15(3)9-10/h4-7,9,14H,8H2,1-3H3. The van der Waals surface area contributed by atoms with Crippen molar-refractivity contribution in [2.24, 2.45) is 7.05 Å². The van der Waals surface area contributed by atoms with Crippen molar-refractivity contribution in [1.29, 1.82) is 0 Å². The molecule has 0 fully saturated rings. The number of aryl methyl sites for hydroxylation is 1. The van der Waals surface area contributed by atoms with E-state index in [0.717, 1.165) is 11.6 Å². The molecule has 0 bridgehead atoms. The van der Waals surface area contributed by atoms with E-state index < -0.39 is 0 Å². The molecule has 0 aliphatic heterocycles. The molecule has 16 heavy (non-hydrogen) atoms. The van der Waals surface area contributed by atoms with Crippen LogP contribution in [0.1, 0.15) is 24.4 Å². The molecule has 3 nitrogen and oxygen atoms in total. The summed E-state index contributed by atoms with van der Waals surface area (Å²) in [5, 5.41) is 6.67. The van der Waals surface area contributed by atoms with E-state index in [2.05, 4.69) is 47.2 Å². The number of thiazole rings is 1. The molecule has 0 aromatic carbocycles. The molecule has 0 atom stereocenters. The molecule has 0 radical (unpaired) electrons. The van der Waals surface area contributed by atoms with E-state index in [1.54, 1.807) is 11.3 Å². The van der Waals surface area contributed by atoms with E-state index in [9.17, 15) is 0 Å². The van der Waals surface area contributed by atoms with Gasteiger partial charge >= 0.3 is 0 Å². The molecule has 1 N–H and O–H groups in total. The van der Waals surface area contributed by atoms with Gasteiger partial charge in [-0.1, -0.05) is 0 Å². The summed E-state index contributed by atoms with van der Waals surface area (Å²) in [4.78, 5) is 4.36. The van der Waals surface area contributed by atoms with E-state index in [-0.39, 0.29) is 5.54 Å². The van der Waals surface area contributed by atoms with Gasteiger partial charge in [0.05, 0.1) is 5.54 Å². The van der Waals surface area contributed by atoms with Gasteiger partial charge in [-0.05, 0) is 25.5 Å². The number of rotatable bonds is 4. The van der Waals surface area contributed by atoms with E-state index in [4.69, 9.17) is 0 Å². The van der Waals surface area contributed by atoms with E-state index in [0.29, 0.717) is 0 Å². The van der Waals surface area contributed by atoms with Crippen molar-refractivity contribution in [1.82, 2.24) is 14.9 Å². The fraction of sp³-hybridized carbons (Fsp3) is 0.417. The fourth-order valence-corrected chi connectivity index (χ4v) is 2.34. The summed E-state index contributed by atoms with van der Waals surface area (Å²) in [6.07, 6.45) is 6.05. The molecule has 0 aliphatic rings. The molecule has 86 valence electrons. The molecule has 2 rings (SSSR count). The normalized spacial score (nSPS) is 11.9. The second kappa shape index (κ2) is 4.39. The average Bonchev–Trinajstić information content (AvgIpc) is 2.85. The van der Waals surface area contributed by atoms with Crippen LogP contribution < -0.4 is 5.32 Å². The second-order valence-electron chi connectivity index (χ2n) is 4.50. The van der Waals surface area contributed by atoms with Crippen LogP contribution in [0.15, 0.2) is 30.0 Å². The highest BCUT2D eigenvalue weighted by Crippen LogP contribution is 2.22. The summed E-state index contributed by atoms with van der Waals surface area (Å²) >= 11 is 1.69. The molecule has 0 aliphatic carbocycles. The van der Waals surface area contributed by atoms with Crippen LogP contribution in [0.4, 0.5) is 0 Å². The fourth-order valence-electron chi connectivity index (χ4n) is 1.60. The molecule has 0 unspecified atom stereocenters. The van der Waals surface area contributed by atoms with Gasteiger partial charge in [0.1, 0.15) is 5.01 Å². The van der Waals surface area contributed by atoms with Gasteiger partial charge < -0.3 is 9.88 Å². The average molecular weight is 235 g/mol. The summed E-state index contributed by atoms with van der Waals surface area (Å²) in [5.74, 6) is 0. The Hall–Kier alpha value is -1.13. The third-order valence-electron chi connectivity index (χ3n) is 2.59. The first kappa shape index (κ1) is 11.4. The maximum atomic E-state index is 4.36. The van der Waals surface area contributed by atoms with Crippen LogP contribution >= 0.6 is 11.3 Å². The SMILES string of the molecule is Cn1ccc(CNC(C)(C)c2nccs2)c1. The molecule has 0 amide bonds. The first-order chi connectivity index (χ1) is 7.58. The molecule has 4 heteroatoms. The van der Waals surface area contributed by atoms with Crippen molar-refractivity contribution in [2.45, 2.75) is 25.9 Å². The quantitative estimate of drug-likeness (QED) is 0.882. The Kier molecular flexibility index (Phi) is 3.12. The van der Waals surface area contributed by atoms with Crippen LogP contribution in [0.3, 0.4) is 0 Å². The van der Waals surface area contributed by atoms with E-state index in [1.165, 1.54) is 5.56 Å². The molecule has 2 aromatic rings. The lowest BCUT2D eigenvalue weighted by atomic mass is 10.1. The minimum Gasteiger partial charge on any atom is -0.357 e. The summed E-state index contributed by atoms with van der Waals surface area (Å²) in [6, 6.07) is 2.13. The second-order valence-corrected chi connectivity index (χ2v) is 5.40. The zero-order chi connectivity index (χ0) is 11.6. The van der Waals surface area contributed by atoms with Gasteiger partial charge in [-0.25, -0.2) is 4.98 Å². The minimum atomic E-state index is -0.0655. The Balaban J connectivity index is 2.00. The molecule has 0 spiro atoms. The molecule has 2 heterocycles. The third kappa shape index (κ3) is 2.51. The summed E-state index contributed by atoms with van der Waals surface area (Å²) in [7, 11) is 2.04. The highest BCUT2D eigenvalue weighted by Gasteiger charge is 2.22. The molecular formula is C12H17N3S. The first-order valence-electron chi connectivity index (χ1n) is 5.34. The topological polar surface area (TPSA) is 29.9 Å². The van der Waals surface area contributed by atoms with Crippen LogP contribution in [0, 0.1) is 0 Å². The van der Waals surface area contributed by atoms with Gasteiger partial charge in [-0.15, -0.1) is 11.3 Å². The Morgan fingerprint density at radius 2 is 2.31 bits per heavy atom. The lowest BCUT2D eigenvalue weighted by Crippen LogP contribution is -2.35. The highest BCUT2D eigenvalue weighted by molar-refractivity contribution is 7.09. The van der Waals surface area contributed by atoms with Gasteiger partial charge in [-0.2, -0.15) is 0 Å². The molecule has 0 saturated heterocycles. The Morgan fingerprint density at radius 3 is 2.88 bits per heavy atom. The predicted octanol–water partition coefficient (Wildman–Crippen LogP) is 2.51. The van der Waals surface area contributed by atoms with Crippen LogP contribution in [0.5, 0.6) is 0 Å². The van der Waals surface area contributed by atoms with Gasteiger partial charge in [0.2, 0.25) is 0 Å². The molecular weight excluding hydrogens is 218 g/mol.